The number of rotatable bonds is 7. The molecular weight excluding hydrogens is 670 g/mol. The molecule has 0 aromatic heterocycles. The minimum atomic E-state index is -1.62. The lowest BCUT2D eigenvalue weighted by Gasteiger charge is -2.57. The summed E-state index contributed by atoms with van der Waals surface area (Å²) in [5.74, 6) is -4.38. The molecule has 0 bridgehead atoms. The molecule has 0 radical (unpaired) electrons. The molecule has 1 saturated carbocycles. The topological polar surface area (TPSA) is 128 Å². The van der Waals surface area contributed by atoms with Crippen LogP contribution >= 0.6 is 0 Å². The van der Waals surface area contributed by atoms with Gasteiger partial charge in [-0.15, -0.1) is 0 Å². The Morgan fingerprint density at radius 1 is 0.830 bits per heavy atom. The Hall–Kier alpha value is -5.02. The molecule has 9 heteroatoms. The van der Waals surface area contributed by atoms with Crippen molar-refractivity contribution in [3.05, 3.63) is 132 Å². The van der Waals surface area contributed by atoms with Crippen molar-refractivity contribution in [2.24, 2.45) is 29.1 Å². The fourth-order valence-corrected chi connectivity index (χ4v) is 8.99. The van der Waals surface area contributed by atoms with Gasteiger partial charge < -0.3 is 24.6 Å². The van der Waals surface area contributed by atoms with Crippen molar-refractivity contribution in [1.29, 1.82) is 0 Å². The van der Waals surface area contributed by atoms with Crippen LogP contribution in [0, 0.1) is 29.1 Å². The third-order valence-corrected chi connectivity index (χ3v) is 11.5. The third kappa shape index (κ3) is 7.45. The first kappa shape index (κ1) is 37.7. The van der Waals surface area contributed by atoms with Crippen LogP contribution in [0.2, 0.25) is 0 Å². The molecule has 3 aromatic carbocycles. The second-order valence-electron chi connectivity index (χ2n) is 15.4. The maximum absolute atomic E-state index is 15.1. The standard InChI is InChI=1S/C44H49NO8/c1-28-16-15-23-34-38(52-39(47)32-19-11-7-12-20-32)43(5,50)29(2)37-35(26-31-17-9-6-10-18-31)45-41(49)44(34,37)36(51-30(3)46)24-25-42(4,27-28)53-40(48)33-21-13-8-14-22-33/h6-15,17-25,28-29,34-38,50H,16,26-27H2,1-5H3,(H,45,49)/b23-15+,25-24+/t28-,29-,34-,35-,36+,37-,38-,42-,43-,44+/m0/s1. The van der Waals surface area contributed by atoms with Crippen LogP contribution in [0.15, 0.2) is 115 Å². The zero-order chi connectivity index (χ0) is 38.0. The maximum Gasteiger partial charge on any atom is 0.338 e. The second kappa shape index (κ2) is 15.1. The maximum atomic E-state index is 15.1. The predicted octanol–water partition coefficient (Wildman–Crippen LogP) is 6.66. The Morgan fingerprint density at radius 3 is 2.02 bits per heavy atom. The number of carbonyl (C=O) groups is 4. The average molecular weight is 720 g/mol. The summed E-state index contributed by atoms with van der Waals surface area (Å²) in [6.07, 6.45) is 6.16. The number of carbonyl (C=O) groups excluding carboxylic acids is 4. The van der Waals surface area contributed by atoms with Crippen molar-refractivity contribution in [2.75, 3.05) is 0 Å². The van der Waals surface area contributed by atoms with E-state index in [2.05, 4.69) is 5.32 Å². The van der Waals surface area contributed by atoms with Crippen molar-refractivity contribution in [1.82, 2.24) is 5.32 Å². The highest BCUT2D eigenvalue weighted by Gasteiger charge is 2.73. The minimum absolute atomic E-state index is 0.0157. The van der Waals surface area contributed by atoms with Gasteiger partial charge in [0.2, 0.25) is 5.91 Å². The molecule has 2 fully saturated rings. The summed E-state index contributed by atoms with van der Waals surface area (Å²) < 4.78 is 18.7. The van der Waals surface area contributed by atoms with E-state index >= 15 is 4.79 Å². The molecule has 53 heavy (non-hydrogen) atoms. The summed E-state index contributed by atoms with van der Waals surface area (Å²) in [7, 11) is 0. The molecule has 2 N–H and O–H groups in total. The van der Waals surface area contributed by atoms with Crippen molar-refractivity contribution < 1.29 is 38.5 Å². The molecule has 1 spiro atoms. The summed E-state index contributed by atoms with van der Waals surface area (Å²) >= 11 is 0. The van der Waals surface area contributed by atoms with Gasteiger partial charge in [0.05, 0.1) is 11.1 Å². The lowest BCUT2D eigenvalue weighted by atomic mass is 9.48. The first-order chi connectivity index (χ1) is 25.3. The van der Waals surface area contributed by atoms with Gasteiger partial charge in [-0.1, -0.05) is 92.7 Å². The van der Waals surface area contributed by atoms with Crippen molar-refractivity contribution in [2.45, 2.75) is 83.3 Å². The first-order valence-electron chi connectivity index (χ1n) is 18.4. The fraction of sp³-hybridized carbons (Fsp3) is 0.409. The van der Waals surface area contributed by atoms with Crippen molar-refractivity contribution in [3.8, 4) is 0 Å². The number of esters is 3. The molecule has 1 heterocycles. The summed E-state index contributed by atoms with van der Waals surface area (Å²) in [4.78, 5) is 55.4. The number of amides is 1. The van der Waals surface area contributed by atoms with E-state index in [1.807, 2.05) is 69.3 Å². The van der Waals surface area contributed by atoms with E-state index in [9.17, 15) is 19.5 Å². The highest BCUT2D eigenvalue weighted by molar-refractivity contribution is 5.91. The molecule has 1 aliphatic heterocycles. The summed E-state index contributed by atoms with van der Waals surface area (Å²) in [6, 6.07) is 26.5. The predicted molar refractivity (Wildman–Crippen MR) is 199 cm³/mol. The van der Waals surface area contributed by atoms with Gasteiger partial charge in [0.15, 0.2) is 0 Å². The van der Waals surface area contributed by atoms with E-state index in [1.54, 1.807) is 73.7 Å². The largest absolute Gasteiger partial charge is 0.457 e. The van der Waals surface area contributed by atoms with Gasteiger partial charge >= 0.3 is 17.9 Å². The summed E-state index contributed by atoms with van der Waals surface area (Å²) in [5, 5.41) is 15.8. The lowest BCUT2D eigenvalue weighted by molar-refractivity contribution is -0.217. The van der Waals surface area contributed by atoms with E-state index in [0.29, 0.717) is 30.4 Å². The van der Waals surface area contributed by atoms with Crippen molar-refractivity contribution in [3.63, 3.8) is 0 Å². The zero-order valence-electron chi connectivity index (χ0n) is 30.9. The number of hydrogen-bond acceptors (Lipinski definition) is 8. The van der Waals surface area contributed by atoms with Crippen LogP contribution in [0.1, 0.15) is 73.7 Å². The van der Waals surface area contributed by atoms with Gasteiger partial charge in [-0.25, -0.2) is 9.59 Å². The van der Waals surface area contributed by atoms with Crippen LogP contribution in [0.4, 0.5) is 0 Å². The molecule has 0 unspecified atom stereocenters. The van der Waals surface area contributed by atoms with E-state index in [-0.39, 0.29) is 11.8 Å². The summed E-state index contributed by atoms with van der Waals surface area (Å²) in [5.41, 5.74) is -2.66. The van der Waals surface area contributed by atoms with Crippen LogP contribution in [-0.4, -0.2) is 58.4 Å². The van der Waals surface area contributed by atoms with Gasteiger partial charge in [-0.3, -0.25) is 9.59 Å². The SMILES string of the molecule is CC(=O)O[C@@H]1/C=C/[C@](C)(OC(=O)c2ccccc2)C[C@@H](C)C/C=C/[C@H]2[C@H](OC(=O)c3ccccc3)[C@@](C)(O)[C@@H](C)[C@H]3[C@H](Cc4ccccc4)NC(=O)[C@@]312. The van der Waals surface area contributed by atoms with Gasteiger partial charge in [-0.2, -0.15) is 0 Å². The summed E-state index contributed by atoms with van der Waals surface area (Å²) in [6.45, 7) is 8.66. The Morgan fingerprint density at radius 2 is 1.42 bits per heavy atom. The normalized spacial score (nSPS) is 34.9. The number of nitrogens with one attached hydrogen (secondary N) is 1. The minimum Gasteiger partial charge on any atom is -0.457 e. The van der Waals surface area contributed by atoms with E-state index in [0.717, 1.165) is 5.56 Å². The molecule has 6 rings (SSSR count). The smallest absolute Gasteiger partial charge is 0.338 e. The number of hydrogen-bond donors (Lipinski definition) is 2. The van der Waals surface area contributed by atoms with Crippen LogP contribution in [0.25, 0.3) is 0 Å². The van der Waals surface area contributed by atoms with E-state index in [1.165, 1.54) is 6.92 Å². The quantitative estimate of drug-likeness (QED) is 0.158. The molecule has 3 aliphatic rings. The number of allylic oxidation sites excluding steroid dienone is 1. The van der Waals surface area contributed by atoms with Crippen LogP contribution in [-0.2, 0) is 30.2 Å². The molecule has 1 saturated heterocycles. The van der Waals surface area contributed by atoms with Gasteiger partial charge in [-0.05, 0) is 86.9 Å². The third-order valence-electron chi connectivity index (χ3n) is 11.5. The molecule has 1 amide bonds. The molecule has 2 aliphatic carbocycles. The molecule has 9 nitrogen and oxygen atoms in total. The average Bonchev–Trinajstić information content (AvgIpc) is 3.41. The van der Waals surface area contributed by atoms with Gasteiger partial charge in [0.1, 0.15) is 28.8 Å². The van der Waals surface area contributed by atoms with Crippen LogP contribution in [0.5, 0.6) is 0 Å². The highest BCUT2D eigenvalue weighted by Crippen LogP contribution is 2.61. The highest BCUT2D eigenvalue weighted by atomic mass is 16.6. The molecule has 10 atom stereocenters. The lowest BCUT2D eigenvalue weighted by Crippen LogP contribution is -2.69. The Balaban J connectivity index is 1.54. The monoisotopic (exact) mass is 719 g/mol. The zero-order valence-corrected chi connectivity index (χ0v) is 30.9. The first-order valence-corrected chi connectivity index (χ1v) is 18.4. The van der Waals surface area contributed by atoms with E-state index in [4.69, 9.17) is 14.2 Å². The van der Waals surface area contributed by atoms with E-state index < -0.39 is 70.5 Å². The Kier molecular flexibility index (Phi) is 10.8. The second-order valence-corrected chi connectivity index (χ2v) is 15.4. The fourth-order valence-electron chi connectivity index (χ4n) is 8.99. The van der Waals surface area contributed by atoms with Gasteiger partial charge in [0, 0.05) is 24.8 Å². The Bertz CT molecular complexity index is 1860. The Labute approximate surface area is 311 Å². The van der Waals surface area contributed by atoms with Crippen LogP contribution in [0.3, 0.4) is 0 Å². The number of ether oxygens (including phenoxy) is 3. The van der Waals surface area contributed by atoms with Crippen LogP contribution < -0.4 is 5.32 Å². The van der Waals surface area contributed by atoms with Gasteiger partial charge in [0.25, 0.3) is 0 Å². The molecular formula is C44H49NO8. The molecule has 278 valence electrons. The molecule has 3 aromatic rings. The van der Waals surface area contributed by atoms with Crippen molar-refractivity contribution >= 4 is 23.8 Å². The number of benzene rings is 3. The number of aliphatic hydroxyl groups is 1.